The summed E-state index contributed by atoms with van der Waals surface area (Å²) >= 11 is 2.00. The quantitative estimate of drug-likeness (QED) is 0.331. The van der Waals surface area contributed by atoms with Gasteiger partial charge in [0.25, 0.3) is 0 Å². The molecule has 2 aromatic heterocycles. The van der Waals surface area contributed by atoms with Crippen molar-refractivity contribution in [3.63, 3.8) is 0 Å². The number of nitrogens with two attached hydrogens (primary N) is 1. The highest BCUT2D eigenvalue weighted by atomic mass is 127. The molecule has 4 rings (SSSR count). The molecule has 24 heavy (non-hydrogen) atoms. The minimum atomic E-state index is -0.148. The molecule has 0 saturated heterocycles. The number of aromatic hydroxyl groups is 2. The first-order chi connectivity index (χ1) is 11.5. The van der Waals surface area contributed by atoms with Crippen molar-refractivity contribution in [1.82, 2.24) is 19.6 Å². The number of halogens is 1. The highest BCUT2D eigenvalue weighted by Crippen LogP contribution is 2.33. The van der Waals surface area contributed by atoms with Gasteiger partial charge < -0.3 is 15.9 Å². The van der Waals surface area contributed by atoms with E-state index in [0.717, 1.165) is 16.5 Å². The van der Waals surface area contributed by atoms with Crippen molar-refractivity contribution in [3.8, 4) is 11.5 Å². The summed E-state index contributed by atoms with van der Waals surface area (Å²) in [5.41, 5.74) is 8.04. The molecule has 0 unspecified atom stereocenters. The molecule has 0 fully saturated rings. The number of nitrogens with zero attached hydrogens (tertiary/aromatic N) is 4. The standard InChI is InChI=1S/C16H12IN5O2/c17-13-8(5-6-11(23)14(13)24)7-12-19-10-4-2-1-3-9(10)15-20-16(18)21-22(12)15/h1-6,23-24H,7H2,(H2,18,21). The number of anilines is 1. The van der Waals surface area contributed by atoms with Gasteiger partial charge in [-0.25, -0.2) is 4.98 Å². The van der Waals surface area contributed by atoms with Crippen molar-refractivity contribution in [1.29, 1.82) is 0 Å². The summed E-state index contributed by atoms with van der Waals surface area (Å²) in [6.45, 7) is 0. The van der Waals surface area contributed by atoms with Gasteiger partial charge in [-0.3, -0.25) is 0 Å². The van der Waals surface area contributed by atoms with Gasteiger partial charge in [-0.2, -0.15) is 9.50 Å². The summed E-state index contributed by atoms with van der Waals surface area (Å²) in [5.74, 6) is 0.543. The van der Waals surface area contributed by atoms with Crippen LogP contribution < -0.4 is 5.73 Å². The first kappa shape index (κ1) is 14.9. The minimum absolute atomic E-state index is 0.136. The average Bonchev–Trinajstić information content (AvgIpc) is 2.97. The number of rotatable bonds is 2. The van der Waals surface area contributed by atoms with Crippen molar-refractivity contribution >= 4 is 45.1 Å². The molecule has 0 spiro atoms. The van der Waals surface area contributed by atoms with Crippen LogP contribution in [-0.4, -0.2) is 29.8 Å². The van der Waals surface area contributed by atoms with E-state index in [1.54, 1.807) is 10.6 Å². The molecule has 4 N–H and O–H groups in total. The second-order valence-electron chi connectivity index (χ2n) is 5.33. The lowest BCUT2D eigenvalue weighted by atomic mass is 10.1. The van der Waals surface area contributed by atoms with E-state index in [1.807, 2.05) is 46.9 Å². The van der Waals surface area contributed by atoms with Crippen LogP contribution >= 0.6 is 22.6 Å². The van der Waals surface area contributed by atoms with Gasteiger partial charge in [-0.1, -0.05) is 18.2 Å². The minimum Gasteiger partial charge on any atom is -0.504 e. The van der Waals surface area contributed by atoms with Gasteiger partial charge in [0, 0.05) is 11.8 Å². The molecule has 0 amide bonds. The lowest BCUT2D eigenvalue weighted by Gasteiger charge is -2.09. The van der Waals surface area contributed by atoms with E-state index in [4.69, 9.17) is 5.73 Å². The van der Waals surface area contributed by atoms with Crippen LogP contribution in [0.5, 0.6) is 11.5 Å². The number of hydrogen-bond acceptors (Lipinski definition) is 6. The fraction of sp³-hybridized carbons (Fsp3) is 0.0625. The van der Waals surface area contributed by atoms with E-state index in [1.165, 1.54) is 6.07 Å². The van der Waals surface area contributed by atoms with Crippen molar-refractivity contribution in [2.75, 3.05) is 5.73 Å². The largest absolute Gasteiger partial charge is 0.504 e. The fourth-order valence-corrected chi connectivity index (χ4v) is 3.29. The van der Waals surface area contributed by atoms with Crippen LogP contribution in [0.2, 0.25) is 0 Å². The summed E-state index contributed by atoms with van der Waals surface area (Å²) in [6, 6.07) is 10.9. The predicted molar refractivity (Wildman–Crippen MR) is 98.0 cm³/mol. The molecule has 0 saturated carbocycles. The Morgan fingerprint density at radius 3 is 2.71 bits per heavy atom. The third kappa shape index (κ3) is 2.30. The van der Waals surface area contributed by atoms with Gasteiger partial charge in [-0.15, -0.1) is 5.10 Å². The smallest absolute Gasteiger partial charge is 0.240 e. The van der Waals surface area contributed by atoms with Gasteiger partial charge in [0.2, 0.25) is 5.95 Å². The van der Waals surface area contributed by atoms with Gasteiger partial charge >= 0.3 is 0 Å². The van der Waals surface area contributed by atoms with Crippen molar-refractivity contribution in [3.05, 3.63) is 51.4 Å². The number of phenols is 2. The van der Waals surface area contributed by atoms with Crippen molar-refractivity contribution < 1.29 is 10.2 Å². The molecule has 120 valence electrons. The molecule has 0 radical (unpaired) electrons. The van der Waals surface area contributed by atoms with Crippen LogP contribution in [0.4, 0.5) is 5.95 Å². The summed E-state index contributed by atoms with van der Waals surface area (Å²) < 4.78 is 2.20. The second kappa shape index (κ2) is 5.48. The van der Waals surface area contributed by atoms with E-state index < -0.39 is 0 Å². The Bertz CT molecular complexity index is 1090. The lowest BCUT2D eigenvalue weighted by Crippen LogP contribution is -2.05. The molecule has 4 aromatic rings. The molecule has 7 nitrogen and oxygen atoms in total. The topological polar surface area (TPSA) is 110 Å². The number of nitrogen functional groups attached to an aromatic ring is 1. The molecule has 0 aliphatic carbocycles. The Balaban J connectivity index is 1.94. The summed E-state index contributed by atoms with van der Waals surface area (Å²) in [5, 5.41) is 24.6. The van der Waals surface area contributed by atoms with Crippen molar-refractivity contribution in [2.24, 2.45) is 0 Å². The van der Waals surface area contributed by atoms with Gasteiger partial charge in [-0.05, 0) is 46.4 Å². The second-order valence-corrected chi connectivity index (χ2v) is 6.41. The molecular weight excluding hydrogens is 421 g/mol. The number of fused-ring (bicyclic) bond motifs is 3. The zero-order valence-corrected chi connectivity index (χ0v) is 14.5. The van der Waals surface area contributed by atoms with Crippen molar-refractivity contribution in [2.45, 2.75) is 6.42 Å². The van der Waals surface area contributed by atoms with Gasteiger partial charge in [0.15, 0.2) is 17.1 Å². The average molecular weight is 433 g/mol. The van der Waals surface area contributed by atoms with Gasteiger partial charge in [0.1, 0.15) is 5.82 Å². The van der Waals surface area contributed by atoms with Crippen LogP contribution in [0.1, 0.15) is 11.4 Å². The van der Waals surface area contributed by atoms with E-state index in [-0.39, 0.29) is 17.4 Å². The monoisotopic (exact) mass is 433 g/mol. The van der Waals surface area contributed by atoms with E-state index in [9.17, 15) is 10.2 Å². The third-order valence-electron chi connectivity index (χ3n) is 3.79. The van der Waals surface area contributed by atoms with E-state index in [2.05, 4.69) is 15.1 Å². The number of aromatic nitrogens is 4. The van der Waals surface area contributed by atoms with Crippen LogP contribution in [-0.2, 0) is 6.42 Å². The van der Waals surface area contributed by atoms with E-state index >= 15 is 0 Å². The SMILES string of the molecule is Nc1nc2c3ccccc3nc(Cc3ccc(O)c(O)c3I)n2n1. The molecule has 0 aliphatic heterocycles. The summed E-state index contributed by atoms with van der Waals surface area (Å²) in [7, 11) is 0. The van der Waals surface area contributed by atoms with Crippen LogP contribution in [0.15, 0.2) is 36.4 Å². The highest BCUT2D eigenvalue weighted by molar-refractivity contribution is 14.1. The molecule has 2 heterocycles. The summed E-state index contributed by atoms with van der Waals surface area (Å²) in [6.07, 6.45) is 0.413. The molecule has 0 bridgehead atoms. The van der Waals surface area contributed by atoms with E-state index in [0.29, 0.717) is 21.5 Å². The maximum absolute atomic E-state index is 9.92. The van der Waals surface area contributed by atoms with Crippen LogP contribution in [0.3, 0.4) is 0 Å². The van der Waals surface area contributed by atoms with Crippen LogP contribution in [0, 0.1) is 3.57 Å². The zero-order chi connectivity index (χ0) is 16.8. The summed E-state index contributed by atoms with van der Waals surface area (Å²) in [4.78, 5) is 8.96. The van der Waals surface area contributed by atoms with Gasteiger partial charge in [0.05, 0.1) is 9.09 Å². The maximum Gasteiger partial charge on any atom is 0.240 e. The molecule has 2 aromatic carbocycles. The first-order valence-electron chi connectivity index (χ1n) is 7.14. The normalized spacial score (nSPS) is 11.4. The first-order valence-corrected chi connectivity index (χ1v) is 8.21. The Labute approximate surface area is 149 Å². The fourth-order valence-electron chi connectivity index (χ4n) is 2.65. The molecular formula is C16H12IN5O2. The zero-order valence-electron chi connectivity index (χ0n) is 12.3. The number of phenolic OH excluding ortho intramolecular Hbond substituents is 2. The molecule has 8 heteroatoms. The number of para-hydroxylation sites is 1. The lowest BCUT2D eigenvalue weighted by molar-refractivity contribution is 0.400. The number of hydrogen-bond donors (Lipinski definition) is 3. The Hall–Kier alpha value is -2.62. The Kier molecular flexibility index (Phi) is 3.41. The van der Waals surface area contributed by atoms with Crippen LogP contribution in [0.25, 0.3) is 16.6 Å². The molecule has 0 atom stereocenters. The third-order valence-corrected chi connectivity index (χ3v) is 4.99. The predicted octanol–water partition coefficient (Wildman–Crippen LogP) is 2.47. The Morgan fingerprint density at radius 1 is 1.08 bits per heavy atom. The number of benzene rings is 2. The highest BCUT2D eigenvalue weighted by Gasteiger charge is 2.16. The molecule has 0 aliphatic rings. The Morgan fingerprint density at radius 2 is 1.88 bits per heavy atom. The maximum atomic E-state index is 9.92.